The molecule has 7 fully saturated rings. The molecule has 2 saturated heterocycles. The van der Waals surface area contributed by atoms with Crippen molar-refractivity contribution in [2.75, 3.05) is 24.7 Å². The number of benzene rings is 2. The van der Waals surface area contributed by atoms with Crippen LogP contribution in [0.4, 0.5) is 0 Å². The van der Waals surface area contributed by atoms with Crippen molar-refractivity contribution in [1.82, 2.24) is 15.6 Å². The number of Topliss-reactive ketones (excluding diaryl/α,β-unsaturated/α-hetero) is 2. The highest BCUT2D eigenvalue weighted by molar-refractivity contribution is 8.76. The van der Waals surface area contributed by atoms with Crippen molar-refractivity contribution in [3.8, 4) is 17.6 Å². The monoisotopic (exact) mass is 1340 g/mol. The minimum atomic E-state index is -2.12. The number of aliphatic hydroxyl groups is 8. The maximum atomic E-state index is 16.6. The van der Waals surface area contributed by atoms with Crippen molar-refractivity contribution in [1.29, 1.82) is 0 Å². The van der Waals surface area contributed by atoms with E-state index in [1.807, 2.05) is 56.4 Å². The van der Waals surface area contributed by atoms with Gasteiger partial charge >= 0.3 is 5.97 Å². The largest absolute Gasteiger partial charge is 0.508 e. The number of nitrogens with one attached hydrogen (secondary N) is 3. The molecule has 18 nitrogen and oxygen atoms in total. The predicted octanol–water partition coefficient (Wildman–Crippen LogP) is 7.39. The predicted molar refractivity (Wildman–Crippen MR) is 363 cm³/mol. The van der Waals surface area contributed by atoms with Gasteiger partial charge in [0.1, 0.15) is 17.9 Å². The third-order valence-electron chi connectivity index (χ3n) is 25.9. The number of fused-ring (bicyclic) bond motifs is 10. The number of hydrogen-bond donors (Lipinski definition) is 13. The lowest BCUT2D eigenvalue weighted by Crippen LogP contribution is -2.72. The van der Waals surface area contributed by atoms with Crippen molar-refractivity contribution in [3.63, 3.8) is 0 Å². The van der Waals surface area contributed by atoms with Crippen LogP contribution < -0.4 is 16.4 Å². The molecule has 1 aromatic heterocycles. The summed E-state index contributed by atoms with van der Waals surface area (Å²) in [6, 6.07) is 16.9. The summed E-state index contributed by atoms with van der Waals surface area (Å²) < 4.78 is 6.34. The summed E-state index contributed by atoms with van der Waals surface area (Å²) in [4.78, 5) is 54.1. The molecule has 14 N–H and O–H groups in total. The minimum absolute atomic E-state index is 0.0140. The second-order valence-corrected chi connectivity index (χ2v) is 33.5. The summed E-state index contributed by atoms with van der Waals surface area (Å²) in [5.74, 6) is -0.746. The minimum Gasteiger partial charge on any atom is -0.508 e. The van der Waals surface area contributed by atoms with Crippen LogP contribution in [0.2, 0.25) is 0 Å². The molecule has 0 radical (unpaired) electrons. The van der Waals surface area contributed by atoms with E-state index in [0.29, 0.717) is 49.3 Å². The third kappa shape index (κ3) is 12.0. The van der Waals surface area contributed by atoms with Crippen LogP contribution in [0.25, 0.3) is 0 Å². The van der Waals surface area contributed by atoms with E-state index in [2.05, 4.69) is 40.5 Å². The van der Waals surface area contributed by atoms with E-state index in [1.165, 1.54) is 27.2 Å². The quantitative estimate of drug-likeness (QED) is 0.0179. The number of aromatic amines is 1. The van der Waals surface area contributed by atoms with E-state index in [-0.39, 0.29) is 104 Å². The highest BCUT2D eigenvalue weighted by atomic mass is 33.1. The van der Waals surface area contributed by atoms with Gasteiger partial charge in [-0.1, -0.05) is 102 Å². The van der Waals surface area contributed by atoms with Gasteiger partial charge in [0.2, 0.25) is 0 Å². The number of aromatic hydroxyl groups is 1. The van der Waals surface area contributed by atoms with Crippen molar-refractivity contribution < 1.29 is 65.1 Å². The molecular formula is C75H99N5O13S2. The number of aliphatic hydroxyl groups excluding tert-OH is 5. The first-order valence-electron chi connectivity index (χ1n) is 35.2. The average molecular weight is 1340 g/mol. The van der Waals surface area contributed by atoms with Crippen LogP contribution in [0.15, 0.2) is 101 Å². The normalized spacial score (nSPS) is 43.0. The molecule has 10 aliphatic rings. The number of carbonyl (C=O) groups excluding carboxylic acids is 3. The second kappa shape index (κ2) is 27.2. The standard InChI is InChI=1S/C75H99N5O13S2/c1-5-58-60(61(70(90)93-58)46-24-25-77-34-46)43-12-9-13-45-31-75(92)64-62(72(3)32-57(84)66(86)54-38-95-94-37-47(41-17-21-49(82)22-18-41)28-56(83)55(36-81)80-65(64)67(87)63(54)72)44-16-20-48(35-79-71(76)78-33-40-10-7-6-8-11-40)74(75,30-44)68(45)73(4,91)59(85)29-53(69(88)89)50-23-19-42-15-14-39(2)26-51(42)52(50)27-43/h6-8,10-11,17-19,21-22,24-25,34,39,43-45,47-48,50-55,57-63,66,68-69,77,80-82,84-86,88-89,91-92H,5,13-16,20,23,26-33,35-38H2,1-4H3,(H3,76,78,79). The van der Waals surface area contributed by atoms with Crippen LogP contribution in [0.3, 0.4) is 0 Å². The molecule has 8 aliphatic carbocycles. The van der Waals surface area contributed by atoms with Crippen LogP contribution in [0.1, 0.15) is 146 Å². The molecule has 3 aromatic rings. The maximum Gasteiger partial charge on any atom is 0.314 e. The summed E-state index contributed by atoms with van der Waals surface area (Å²) >= 11 is 0. The van der Waals surface area contributed by atoms with Gasteiger partial charge in [-0.25, -0.2) is 4.99 Å². The highest BCUT2D eigenvalue weighted by Gasteiger charge is 2.79. The number of H-pyrrole nitrogens is 1. The average Bonchev–Trinajstić information content (AvgIpc) is 1.61. The third-order valence-corrected chi connectivity index (χ3v) is 28.5. The number of guanidine groups is 1. The zero-order valence-corrected chi connectivity index (χ0v) is 56.8. The van der Waals surface area contributed by atoms with E-state index in [0.717, 1.165) is 36.0 Å². The topological polar surface area (TPSA) is 321 Å². The lowest BCUT2D eigenvalue weighted by molar-refractivity contribution is -0.233. The van der Waals surface area contributed by atoms with E-state index >= 15 is 14.7 Å². The maximum absolute atomic E-state index is 16.6. The fourth-order valence-electron chi connectivity index (χ4n) is 21.8. The zero-order chi connectivity index (χ0) is 67.0. The van der Waals surface area contributed by atoms with Crippen molar-refractivity contribution in [2.45, 2.75) is 184 Å². The summed E-state index contributed by atoms with van der Waals surface area (Å²) in [6.45, 7) is 7.62. The summed E-state index contributed by atoms with van der Waals surface area (Å²) in [7, 11) is 2.97. The number of nitrogens with two attached hydrogens (primary N) is 1. The number of allylic oxidation sites excluding steroid dienone is 3. The Morgan fingerprint density at radius 1 is 0.895 bits per heavy atom. The van der Waals surface area contributed by atoms with E-state index < -0.39 is 142 Å². The van der Waals surface area contributed by atoms with Gasteiger partial charge in [0.25, 0.3) is 0 Å². The number of ether oxygens (including phenoxy) is 1. The van der Waals surface area contributed by atoms with Gasteiger partial charge in [0, 0.05) is 90.1 Å². The molecule has 5 saturated carbocycles. The van der Waals surface area contributed by atoms with E-state index in [4.69, 9.17) is 15.5 Å². The van der Waals surface area contributed by atoms with Crippen molar-refractivity contribution in [2.24, 2.45) is 104 Å². The number of esters is 1. The number of rotatable bonds is 10. The van der Waals surface area contributed by atoms with Gasteiger partial charge < -0.3 is 72.0 Å². The van der Waals surface area contributed by atoms with E-state index in [9.17, 15) is 45.6 Å². The molecule has 25 atom stereocenters. The Bertz CT molecular complexity index is 3460. The fraction of sp³-hybridized carbons (Fsp3) is 0.653. The van der Waals surface area contributed by atoms with Crippen LogP contribution in [-0.2, 0) is 25.7 Å². The smallest absolute Gasteiger partial charge is 0.314 e. The molecule has 1 spiro atoms. The summed E-state index contributed by atoms with van der Waals surface area (Å²) in [5, 5.41) is 121. The van der Waals surface area contributed by atoms with Gasteiger partial charge in [-0.15, -0.1) is 5.92 Å². The molecule has 2 aliphatic heterocycles. The Hall–Kier alpha value is -5.18. The van der Waals surface area contributed by atoms with Crippen LogP contribution in [-0.4, -0.2) is 147 Å². The first-order valence-corrected chi connectivity index (χ1v) is 37.7. The van der Waals surface area contributed by atoms with Gasteiger partial charge in [-0.2, -0.15) is 0 Å². The SMILES string of the molecule is CCC1OC(=O)C(c2cc[nH]c2)C1C1C#CCC2CC3(O)C4=C5NC(CO)C(=O)CC(c6ccc(O)cc6)CSSCC6C(O)C(O)CC(C)(C4C4CCC(CNC(N)=NCc7ccccc7)C3(C4)C2C(C)(O)C(O)CC(C(O)O)C2CC=C3CCC(C)CC3C2C1)C6C5=O. The number of aromatic nitrogens is 1. The number of hydrogen-bond acceptors (Lipinski definition) is 17. The van der Waals surface area contributed by atoms with Gasteiger partial charge in [0.05, 0.1) is 54.3 Å². The lowest BCUT2D eigenvalue weighted by Gasteiger charge is -2.69. The second-order valence-electron chi connectivity index (χ2n) is 30.9. The lowest BCUT2D eigenvalue weighted by atomic mass is 9.37. The number of aliphatic imine (C=N–C) groups is 1. The summed E-state index contributed by atoms with van der Waals surface area (Å²) in [6.07, 6.45) is 4.71. The molecule has 4 bridgehead atoms. The van der Waals surface area contributed by atoms with Crippen LogP contribution >= 0.6 is 21.6 Å². The van der Waals surface area contributed by atoms with Crippen LogP contribution in [0, 0.1) is 106 Å². The number of nitrogens with zero attached hydrogens (tertiary/aromatic N) is 1. The molecule has 20 heteroatoms. The number of carbonyl (C=O) groups is 3. The molecular weight excluding hydrogens is 1240 g/mol. The molecule has 95 heavy (non-hydrogen) atoms. The molecule has 0 amide bonds. The number of cyclic esters (lactones) is 1. The van der Waals surface area contributed by atoms with Crippen molar-refractivity contribution in [3.05, 3.63) is 113 Å². The Morgan fingerprint density at radius 2 is 1.66 bits per heavy atom. The Morgan fingerprint density at radius 3 is 2.39 bits per heavy atom. The number of phenols is 1. The van der Waals surface area contributed by atoms with Gasteiger partial charge in [-0.3, -0.25) is 14.4 Å². The summed E-state index contributed by atoms with van der Waals surface area (Å²) in [5.41, 5.74) is 4.26. The first-order chi connectivity index (χ1) is 45.5. The molecule has 13 rings (SSSR count). The molecule has 25 unspecified atom stereocenters. The van der Waals surface area contributed by atoms with Gasteiger partial charge in [0.15, 0.2) is 23.8 Å². The molecule has 2 aromatic carbocycles. The number of phenolic OH excluding ortho intramolecular Hbond substituents is 1. The zero-order valence-electron chi connectivity index (χ0n) is 55.1. The first kappa shape index (κ1) is 68.3. The Balaban J connectivity index is 1.01. The van der Waals surface area contributed by atoms with Gasteiger partial charge in [-0.05, 0) is 177 Å². The Labute approximate surface area is 566 Å². The van der Waals surface area contributed by atoms with E-state index in [1.54, 1.807) is 37.4 Å². The van der Waals surface area contributed by atoms with Crippen LogP contribution in [0.5, 0.6) is 5.75 Å². The number of ketones is 2. The fourth-order valence-corrected chi connectivity index (χ4v) is 24.6. The molecule has 3 heterocycles. The molecule has 514 valence electrons. The van der Waals surface area contributed by atoms with Crippen molar-refractivity contribution >= 4 is 45.1 Å². The highest BCUT2D eigenvalue weighted by Crippen LogP contribution is 2.77. The Kier molecular flexibility index (Phi) is 19.5.